The van der Waals surface area contributed by atoms with Crippen LogP contribution >= 0.6 is 11.8 Å². The molecule has 28 heavy (non-hydrogen) atoms. The van der Waals surface area contributed by atoms with Gasteiger partial charge in [-0.15, -0.1) is 0 Å². The number of rotatable bonds is 6. The Labute approximate surface area is 168 Å². The molecule has 2 amide bonds. The van der Waals surface area contributed by atoms with Crippen LogP contribution in [0.5, 0.6) is 5.75 Å². The molecule has 0 aromatic heterocycles. The van der Waals surface area contributed by atoms with E-state index in [9.17, 15) is 9.59 Å². The average Bonchev–Trinajstić information content (AvgIpc) is 2.98. The predicted molar refractivity (Wildman–Crippen MR) is 113 cm³/mol. The Morgan fingerprint density at radius 1 is 1.21 bits per heavy atom. The third-order valence-electron chi connectivity index (χ3n) is 4.17. The molecule has 1 aliphatic heterocycles. The molecule has 0 unspecified atom stereocenters. The van der Waals surface area contributed by atoms with Gasteiger partial charge in [-0.05, 0) is 56.7 Å². The molecule has 7 heteroatoms. The van der Waals surface area contributed by atoms with E-state index in [0.29, 0.717) is 17.5 Å². The average molecular weight is 398 g/mol. The zero-order chi connectivity index (χ0) is 20.1. The van der Waals surface area contributed by atoms with Crippen LogP contribution < -0.4 is 15.4 Å². The van der Waals surface area contributed by atoms with Crippen LogP contribution in [0.15, 0.2) is 47.5 Å². The number of aryl methyl sites for hydroxylation is 2. The maximum absolute atomic E-state index is 12.3. The van der Waals surface area contributed by atoms with E-state index in [2.05, 4.69) is 15.6 Å². The quantitative estimate of drug-likeness (QED) is 0.773. The molecule has 1 aliphatic rings. The number of nitrogens with zero attached hydrogens (tertiary/aromatic N) is 1. The first-order valence-corrected chi connectivity index (χ1v) is 9.98. The number of ether oxygens (including phenoxy) is 1. The molecule has 1 atom stereocenters. The van der Waals surface area contributed by atoms with Crippen LogP contribution in [-0.2, 0) is 9.59 Å². The van der Waals surface area contributed by atoms with Crippen molar-refractivity contribution in [1.82, 2.24) is 5.32 Å². The largest absolute Gasteiger partial charge is 0.494 e. The van der Waals surface area contributed by atoms with Crippen LogP contribution in [0, 0.1) is 13.8 Å². The third-order valence-corrected chi connectivity index (χ3v) is 5.25. The molecule has 3 rings (SSSR count). The highest BCUT2D eigenvalue weighted by Crippen LogP contribution is 2.27. The van der Waals surface area contributed by atoms with Crippen molar-refractivity contribution in [3.05, 3.63) is 53.6 Å². The summed E-state index contributed by atoms with van der Waals surface area (Å²) in [6, 6.07) is 13.1. The smallest absolute Gasteiger partial charge is 0.240 e. The van der Waals surface area contributed by atoms with Gasteiger partial charge in [0, 0.05) is 12.1 Å². The SMILES string of the molecule is CCOc1ccc(NC(=O)C[C@H]2SC(=Nc3ccc(C)cc3C)NC2=O)cc1. The van der Waals surface area contributed by atoms with Crippen LogP contribution in [0.25, 0.3) is 0 Å². The Hall–Kier alpha value is -2.80. The lowest BCUT2D eigenvalue weighted by atomic mass is 10.1. The van der Waals surface area contributed by atoms with Gasteiger partial charge in [0.15, 0.2) is 5.17 Å². The Balaban J connectivity index is 1.59. The number of hydrogen-bond acceptors (Lipinski definition) is 5. The fraction of sp³-hybridized carbons (Fsp3) is 0.286. The van der Waals surface area contributed by atoms with Crippen molar-refractivity contribution >= 4 is 40.1 Å². The molecule has 0 saturated carbocycles. The van der Waals surface area contributed by atoms with E-state index in [-0.39, 0.29) is 18.2 Å². The van der Waals surface area contributed by atoms with Crippen LogP contribution in [0.3, 0.4) is 0 Å². The van der Waals surface area contributed by atoms with E-state index in [1.54, 1.807) is 24.3 Å². The minimum absolute atomic E-state index is 0.0790. The lowest BCUT2D eigenvalue weighted by Crippen LogP contribution is -2.28. The zero-order valence-corrected chi connectivity index (χ0v) is 16.9. The number of hydrogen-bond donors (Lipinski definition) is 2. The highest BCUT2D eigenvalue weighted by molar-refractivity contribution is 8.15. The van der Waals surface area contributed by atoms with Gasteiger partial charge in [-0.2, -0.15) is 0 Å². The molecule has 2 aromatic carbocycles. The lowest BCUT2D eigenvalue weighted by molar-refractivity contribution is -0.122. The van der Waals surface area contributed by atoms with E-state index in [0.717, 1.165) is 22.6 Å². The molecule has 0 bridgehead atoms. The summed E-state index contributed by atoms with van der Waals surface area (Å²) in [5.41, 5.74) is 3.68. The summed E-state index contributed by atoms with van der Waals surface area (Å²) < 4.78 is 5.38. The molecule has 0 radical (unpaired) electrons. The lowest BCUT2D eigenvalue weighted by Gasteiger charge is -2.08. The van der Waals surface area contributed by atoms with Gasteiger partial charge in [0.1, 0.15) is 11.0 Å². The Kier molecular flexibility index (Phi) is 6.36. The molecular weight excluding hydrogens is 374 g/mol. The first-order chi connectivity index (χ1) is 13.4. The second kappa shape index (κ2) is 8.93. The second-order valence-electron chi connectivity index (χ2n) is 6.51. The Bertz CT molecular complexity index is 910. The third kappa shape index (κ3) is 5.13. The van der Waals surface area contributed by atoms with Crippen molar-refractivity contribution in [3.63, 3.8) is 0 Å². The number of amides is 2. The van der Waals surface area contributed by atoms with Crippen LogP contribution in [0.2, 0.25) is 0 Å². The first kappa shape index (κ1) is 19.9. The Morgan fingerprint density at radius 2 is 1.96 bits per heavy atom. The normalized spacial score (nSPS) is 17.5. The van der Waals surface area contributed by atoms with Gasteiger partial charge < -0.3 is 15.4 Å². The van der Waals surface area contributed by atoms with E-state index in [1.807, 2.05) is 39.0 Å². The summed E-state index contributed by atoms with van der Waals surface area (Å²) in [5, 5.41) is 5.60. The summed E-state index contributed by atoms with van der Waals surface area (Å²) in [7, 11) is 0. The Morgan fingerprint density at radius 3 is 2.64 bits per heavy atom. The minimum atomic E-state index is -0.493. The van der Waals surface area contributed by atoms with Crippen LogP contribution in [0.1, 0.15) is 24.5 Å². The van der Waals surface area contributed by atoms with Crippen molar-refractivity contribution in [2.24, 2.45) is 4.99 Å². The number of carbonyl (C=O) groups excluding carboxylic acids is 2. The van der Waals surface area contributed by atoms with Gasteiger partial charge in [0.2, 0.25) is 11.8 Å². The van der Waals surface area contributed by atoms with Gasteiger partial charge in [0.05, 0.1) is 12.3 Å². The molecule has 146 valence electrons. The number of benzene rings is 2. The molecule has 6 nitrogen and oxygen atoms in total. The summed E-state index contributed by atoms with van der Waals surface area (Å²) in [4.78, 5) is 29.0. The van der Waals surface area contributed by atoms with Gasteiger partial charge in [0.25, 0.3) is 0 Å². The van der Waals surface area contributed by atoms with Crippen molar-refractivity contribution in [2.75, 3.05) is 11.9 Å². The number of anilines is 1. The zero-order valence-electron chi connectivity index (χ0n) is 16.1. The highest BCUT2D eigenvalue weighted by atomic mass is 32.2. The maximum Gasteiger partial charge on any atom is 0.240 e. The molecule has 1 saturated heterocycles. The van der Waals surface area contributed by atoms with E-state index >= 15 is 0 Å². The van der Waals surface area contributed by atoms with E-state index in [4.69, 9.17) is 4.74 Å². The standard InChI is InChI=1S/C21H23N3O3S/c1-4-27-16-8-6-15(7-9-16)22-19(25)12-18-20(26)24-21(28-18)23-17-10-5-13(2)11-14(17)3/h5-11,18H,4,12H2,1-3H3,(H,22,25)(H,23,24,26)/t18-/m1/s1. The summed E-state index contributed by atoms with van der Waals surface area (Å²) >= 11 is 1.28. The summed E-state index contributed by atoms with van der Waals surface area (Å²) in [5.74, 6) is 0.332. The second-order valence-corrected chi connectivity index (χ2v) is 7.70. The molecule has 0 spiro atoms. The van der Waals surface area contributed by atoms with Gasteiger partial charge >= 0.3 is 0 Å². The fourth-order valence-corrected chi connectivity index (χ4v) is 3.79. The maximum atomic E-state index is 12.3. The number of thioether (sulfide) groups is 1. The summed E-state index contributed by atoms with van der Waals surface area (Å²) in [6.07, 6.45) is 0.0790. The fourth-order valence-electron chi connectivity index (χ4n) is 2.81. The molecule has 0 aliphatic carbocycles. The topological polar surface area (TPSA) is 79.8 Å². The van der Waals surface area contributed by atoms with Gasteiger partial charge in [-0.25, -0.2) is 4.99 Å². The van der Waals surface area contributed by atoms with Crippen LogP contribution in [0.4, 0.5) is 11.4 Å². The number of carbonyl (C=O) groups is 2. The minimum Gasteiger partial charge on any atom is -0.494 e. The van der Waals surface area contributed by atoms with Crippen molar-refractivity contribution < 1.29 is 14.3 Å². The molecule has 1 fully saturated rings. The monoisotopic (exact) mass is 397 g/mol. The number of aliphatic imine (C=N–C) groups is 1. The van der Waals surface area contributed by atoms with Gasteiger partial charge in [-0.3, -0.25) is 9.59 Å². The first-order valence-electron chi connectivity index (χ1n) is 9.11. The highest BCUT2D eigenvalue weighted by Gasteiger charge is 2.32. The van der Waals surface area contributed by atoms with Crippen LogP contribution in [-0.4, -0.2) is 28.8 Å². The van der Waals surface area contributed by atoms with E-state index in [1.165, 1.54) is 11.8 Å². The molecular formula is C21H23N3O3S. The predicted octanol–water partition coefficient (Wildman–Crippen LogP) is 3.95. The molecule has 2 aromatic rings. The summed E-state index contributed by atoms with van der Waals surface area (Å²) in [6.45, 7) is 6.51. The van der Waals surface area contributed by atoms with Crippen molar-refractivity contribution in [3.8, 4) is 5.75 Å². The number of nitrogens with one attached hydrogen (secondary N) is 2. The van der Waals surface area contributed by atoms with Crippen molar-refractivity contribution in [1.29, 1.82) is 0 Å². The van der Waals surface area contributed by atoms with Crippen molar-refractivity contribution in [2.45, 2.75) is 32.4 Å². The molecule has 2 N–H and O–H groups in total. The van der Waals surface area contributed by atoms with E-state index < -0.39 is 5.25 Å². The van der Waals surface area contributed by atoms with Gasteiger partial charge in [-0.1, -0.05) is 29.5 Å². The molecule has 1 heterocycles. The number of amidine groups is 1.